The van der Waals surface area contributed by atoms with Crippen molar-refractivity contribution < 1.29 is 14.3 Å². The minimum absolute atomic E-state index is 0.0747. The molecule has 0 bridgehead atoms. The van der Waals surface area contributed by atoms with Crippen molar-refractivity contribution in [2.45, 2.75) is 38.6 Å². The van der Waals surface area contributed by atoms with Crippen molar-refractivity contribution in [3.63, 3.8) is 0 Å². The van der Waals surface area contributed by atoms with Crippen LogP contribution in [0.15, 0.2) is 23.0 Å². The van der Waals surface area contributed by atoms with E-state index in [1.807, 2.05) is 0 Å². The van der Waals surface area contributed by atoms with Crippen molar-refractivity contribution in [3.05, 3.63) is 39.9 Å². The molecule has 0 spiro atoms. The zero-order valence-electron chi connectivity index (χ0n) is 15.0. The molecule has 7 heteroatoms. The highest BCUT2D eigenvalue weighted by molar-refractivity contribution is 5.95. The van der Waals surface area contributed by atoms with Crippen molar-refractivity contribution in [2.24, 2.45) is 0 Å². The van der Waals surface area contributed by atoms with Crippen molar-refractivity contribution in [3.8, 4) is 12.3 Å². The number of hydrogen-bond donors (Lipinski definition) is 1. The van der Waals surface area contributed by atoms with Crippen LogP contribution in [0.4, 0.5) is 0 Å². The summed E-state index contributed by atoms with van der Waals surface area (Å²) in [6.45, 7) is 0.331. The molecule has 0 unspecified atom stereocenters. The first-order valence-electron chi connectivity index (χ1n) is 9.01. The molecule has 1 aromatic carbocycles. The molecule has 1 amide bonds. The Morgan fingerprint density at radius 1 is 1.26 bits per heavy atom. The number of amides is 1. The molecule has 0 saturated carbocycles. The third-order valence-electron chi connectivity index (χ3n) is 4.52. The molecule has 0 radical (unpaired) electrons. The van der Waals surface area contributed by atoms with Gasteiger partial charge in [-0.15, -0.1) is 6.42 Å². The molecule has 140 valence electrons. The van der Waals surface area contributed by atoms with E-state index in [9.17, 15) is 14.4 Å². The lowest BCUT2D eigenvalue weighted by Crippen LogP contribution is -2.29. The number of aromatic nitrogens is 2. The van der Waals surface area contributed by atoms with Crippen LogP contribution in [0.2, 0.25) is 0 Å². The number of aryl methyl sites for hydroxylation is 1. The van der Waals surface area contributed by atoms with Gasteiger partial charge >= 0.3 is 5.97 Å². The molecular weight excluding hydrogens is 346 g/mol. The Hall–Kier alpha value is -3.14. The molecule has 0 saturated heterocycles. The number of ether oxygens (including phenoxy) is 1. The van der Waals surface area contributed by atoms with Gasteiger partial charge in [0.15, 0.2) is 6.61 Å². The highest BCUT2D eigenvalue weighted by Gasteiger charge is 2.16. The number of rotatable bonds is 4. The van der Waals surface area contributed by atoms with E-state index in [2.05, 4.69) is 16.2 Å². The van der Waals surface area contributed by atoms with Crippen LogP contribution in [-0.4, -0.2) is 34.6 Å². The molecule has 27 heavy (non-hydrogen) atoms. The number of benzene rings is 1. The third-order valence-corrected chi connectivity index (χ3v) is 4.52. The monoisotopic (exact) mass is 367 g/mol. The molecule has 1 aliphatic rings. The summed E-state index contributed by atoms with van der Waals surface area (Å²) in [5.41, 5.74) is 0.637. The second-order valence-electron chi connectivity index (χ2n) is 6.44. The standard InChI is InChI=1S/C20H21N3O4/c1-2-10-21-18(24)13-27-20(26)14-8-9-15-16(12-14)22-17-7-5-3-4-6-11-23(17)19(15)25/h1,8-9,12H,3-7,10-11,13H2,(H,21,24). The molecular formula is C20H21N3O4. The number of terminal acetylenes is 1. The lowest BCUT2D eigenvalue weighted by Gasteiger charge is -2.16. The molecule has 0 atom stereocenters. The highest BCUT2D eigenvalue weighted by atomic mass is 16.5. The van der Waals surface area contributed by atoms with Gasteiger partial charge in [-0.05, 0) is 31.0 Å². The van der Waals surface area contributed by atoms with Crippen LogP contribution in [0.5, 0.6) is 0 Å². The summed E-state index contributed by atoms with van der Waals surface area (Å²) in [5, 5.41) is 2.89. The number of hydrogen-bond acceptors (Lipinski definition) is 5. The van der Waals surface area contributed by atoms with E-state index in [0.29, 0.717) is 17.4 Å². The predicted octanol–water partition coefficient (Wildman–Crippen LogP) is 1.42. The lowest BCUT2D eigenvalue weighted by molar-refractivity contribution is -0.123. The smallest absolute Gasteiger partial charge is 0.338 e. The number of nitrogens with zero attached hydrogens (tertiary/aromatic N) is 2. The highest BCUT2D eigenvalue weighted by Crippen LogP contribution is 2.16. The Balaban J connectivity index is 1.83. The molecule has 0 aliphatic carbocycles. The summed E-state index contributed by atoms with van der Waals surface area (Å²) in [7, 11) is 0. The number of carbonyl (C=O) groups excluding carboxylic acids is 2. The fourth-order valence-corrected chi connectivity index (χ4v) is 3.14. The minimum atomic E-state index is -0.651. The molecule has 1 N–H and O–H groups in total. The van der Waals surface area contributed by atoms with E-state index in [0.717, 1.165) is 37.9 Å². The first-order valence-corrected chi connectivity index (χ1v) is 9.01. The zero-order chi connectivity index (χ0) is 19.2. The maximum absolute atomic E-state index is 12.8. The van der Waals surface area contributed by atoms with Gasteiger partial charge < -0.3 is 10.1 Å². The van der Waals surface area contributed by atoms with E-state index in [1.54, 1.807) is 10.6 Å². The normalized spacial score (nSPS) is 13.7. The molecule has 1 aliphatic heterocycles. The van der Waals surface area contributed by atoms with Gasteiger partial charge in [0, 0.05) is 13.0 Å². The fourth-order valence-electron chi connectivity index (χ4n) is 3.14. The van der Waals surface area contributed by atoms with Crippen LogP contribution in [0, 0.1) is 12.3 Å². The lowest BCUT2D eigenvalue weighted by atomic mass is 10.1. The van der Waals surface area contributed by atoms with Crippen LogP contribution in [-0.2, 0) is 22.5 Å². The van der Waals surface area contributed by atoms with Crippen molar-refractivity contribution in [1.29, 1.82) is 0 Å². The number of esters is 1. The van der Waals surface area contributed by atoms with E-state index >= 15 is 0 Å². The largest absolute Gasteiger partial charge is 0.452 e. The summed E-state index contributed by atoms with van der Waals surface area (Å²) in [5.74, 6) is 1.90. The number of nitrogens with one attached hydrogen (secondary N) is 1. The van der Waals surface area contributed by atoms with E-state index in [4.69, 9.17) is 11.2 Å². The van der Waals surface area contributed by atoms with Gasteiger partial charge in [0.2, 0.25) is 0 Å². The fraction of sp³-hybridized carbons (Fsp3) is 0.400. The Kier molecular flexibility index (Phi) is 5.87. The summed E-state index contributed by atoms with van der Waals surface area (Å²) >= 11 is 0. The van der Waals surface area contributed by atoms with Crippen LogP contribution in [0.25, 0.3) is 10.9 Å². The minimum Gasteiger partial charge on any atom is -0.452 e. The third kappa shape index (κ3) is 4.34. The van der Waals surface area contributed by atoms with Crippen LogP contribution in [0.3, 0.4) is 0 Å². The van der Waals surface area contributed by atoms with Gasteiger partial charge in [0.1, 0.15) is 5.82 Å². The molecule has 1 aromatic heterocycles. The SMILES string of the molecule is C#CCNC(=O)COC(=O)c1ccc2c(=O)n3c(nc2c1)CCCCCC3. The molecule has 0 fully saturated rings. The quantitative estimate of drug-likeness (QED) is 0.652. The van der Waals surface area contributed by atoms with Crippen molar-refractivity contribution in [2.75, 3.05) is 13.2 Å². The van der Waals surface area contributed by atoms with E-state index < -0.39 is 18.5 Å². The average Bonchev–Trinajstić information content (AvgIpc) is 2.65. The Morgan fingerprint density at radius 2 is 2.07 bits per heavy atom. The van der Waals surface area contributed by atoms with Crippen LogP contribution in [0.1, 0.15) is 41.9 Å². The van der Waals surface area contributed by atoms with Gasteiger partial charge in [-0.3, -0.25) is 14.2 Å². The Bertz CT molecular complexity index is 972. The van der Waals surface area contributed by atoms with Crippen molar-refractivity contribution in [1.82, 2.24) is 14.9 Å². The summed E-state index contributed by atoms with van der Waals surface area (Å²) in [4.78, 5) is 41.0. The predicted molar refractivity (Wildman–Crippen MR) is 100 cm³/mol. The van der Waals surface area contributed by atoms with Gasteiger partial charge in [-0.25, -0.2) is 9.78 Å². The second-order valence-corrected chi connectivity index (χ2v) is 6.44. The van der Waals surface area contributed by atoms with Crippen LogP contribution < -0.4 is 10.9 Å². The number of fused-ring (bicyclic) bond motifs is 2. The molecule has 2 heterocycles. The van der Waals surface area contributed by atoms with Gasteiger partial charge in [-0.2, -0.15) is 0 Å². The second kappa shape index (κ2) is 8.49. The van der Waals surface area contributed by atoms with Gasteiger partial charge in [0.25, 0.3) is 11.5 Å². The average molecular weight is 367 g/mol. The Morgan fingerprint density at radius 3 is 2.89 bits per heavy atom. The molecule has 7 nitrogen and oxygen atoms in total. The first kappa shape index (κ1) is 18.6. The first-order chi connectivity index (χ1) is 13.1. The summed E-state index contributed by atoms with van der Waals surface area (Å²) < 4.78 is 6.73. The summed E-state index contributed by atoms with van der Waals surface area (Å²) in [6, 6.07) is 4.65. The van der Waals surface area contributed by atoms with Gasteiger partial charge in [-0.1, -0.05) is 18.8 Å². The van der Waals surface area contributed by atoms with E-state index in [-0.39, 0.29) is 17.7 Å². The van der Waals surface area contributed by atoms with Crippen molar-refractivity contribution >= 4 is 22.8 Å². The summed E-state index contributed by atoms with van der Waals surface area (Å²) in [6.07, 6.45) is 9.99. The van der Waals surface area contributed by atoms with Gasteiger partial charge in [0.05, 0.1) is 23.0 Å². The molecule has 2 aromatic rings. The Labute approximate surface area is 156 Å². The molecule has 3 rings (SSSR count). The topological polar surface area (TPSA) is 90.3 Å². The van der Waals surface area contributed by atoms with E-state index in [1.165, 1.54) is 12.1 Å². The maximum atomic E-state index is 12.8. The maximum Gasteiger partial charge on any atom is 0.338 e. The van der Waals surface area contributed by atoms with Crippen LogP contribution >= 0.6 is 0 Å². The number of carbonyl (C=O) groups is 2. The zero-order valence-corrected chi connectivity index (χ0v) is 15.0.